The molecule has 0 fully saturated rings. The first-order valence-electron chi connectivity index (χ1n) is 1.46. The normalized spacial score (nSPS) is 5.44. The van der Waals surface area contributed by atoms with Crippen LogP contribution in [0.1, 0.15) is 6.92 Å². The summed E-state index contributed by atoms with van der Waals surface area (Å²) in [5.41, 5.74) is 0. The number of carboxylic acids is 1. The van der Waals surface area contributed by atoms with Crippen LogP contribution < -0.4 is 5.11 Å². The topological polar surface area (TPSA) is 106 Å². The van der Waals surface area contributed by atoms with Gasteiger partial charge in [-0.15, -0.1) is 0 Å². The molecule has 6 nitrogen and oxygen atoms in total. The van der Waals surface area contributed by atoms with Crippen LogP contribution in [0.25, 0.3) is 0 Å². The number of carbonyl (C=O) groups excluding carboxylic acids is 1. The van der Waals surface area contributed by atoms with E-state index in [1.807, 2.05) is 0 Å². The molecular weight excluding hydrogens is 207 g/mol. The van der Waals surface area contributed by atoms with Gasteiger partial charge in [0.1, 0.15) is 0 Å². The summed E-state index contributed by atoms with van der Waals surface area (Å²) >= 11 is 0. The van der Waals surface area contributed by atoms with Crippen LogP contribution in [0.3, 0.4) is 0 Å². The largest absolute Gasteiger partial charge is 2.00 e. The van der Waals surface area contributed by atoms with Crippen LogP contribution in [-0.2, 0) is 37.5 Å². The van der Waals surface area contributed by atoms with Crippen molar-refractivity contribution in [2.24, 2.45) is 0 Å². The molecule has 0 N–H and O–H groups in total. The zero-order chi connectivity index (χ0) is 7.15. The molecule has 0 spiro atoms. The molecule has 0 bridgehead atoms. The van der Waals surface area contributed by atoms with Gasteiger partial charge in [0, 0.05) is 5.97 Å². The number of hydrogen-bond acceptors (Lipinski definition) is 5. The monoisotopic (exact) mass is 210 g/mol. The number of aliphatic carboxylic acids is 1. The van der Waals surface area contributed by atoms with Crippen molar-refractivity contribution in [2.75, 3.05) is 0 Å². The third-order valence-electron chi connectivity index (χ3n) is 0. The van der Waals surface area contributed by atoms with Crippen LogP contribution in [0.4, 0.5) is 0 Å². The maximum absolute atomic E-state index is 8.89. The second kappa shape index (κ2) is 10.7. The first kappa shape index (κ1) is 15.9. The van der Waals surface area contributed by atoms with E-state index < -0.39 is 11.1 Å². The van der Waals surface area contributed by atoms with Crippen LogP contribution in [0.15, 0.2) is 0 Å². The molecule has 0 unspecified atom stereocenters. The smallest absolute Gasteiger partial charge is 0.550 e. The average molecular weight is 210 g/mol. The van der Waals surface area contributed by atoms with E-state index in [0.717, 1.165) is 6.92 Å². The standard InChI is InChI=1S/C2H4O2.NO3.Y/c1-2(3)4;2-1(3)4;/h1H3,(H,3,4);;/q;-1;+2/p-1. The summed E-state index contributed by atoms with van der Waals surface area (Å²) < 4.78 is 0. The fourth-order valence-corrected chi connectivity index (χ4v) is 0. The van der Waals surface area contributed by atoms with E-state index in [-0.39, 0.29) is 32.7 Å². The predicted octanol–water partition coefficient (Wildman–Crippen LogP) is -1.49. The second-order valence-corrected chi connectivity index (χ2v) is 0.715. The second-order valence-electron chi connectivity index (χ2n) is 0.715. The maximum atomic E-state index is 8.89. The zero-order valence-electron chi connectivity index (χ0n) is 4.57. The van der Waals surface area contributed by atoms with Gasteiger partial charge in [-0.1, -0.05) is 0 Å². The molecule has 0 heterocycles. The Hall–Kier alpha value is -0.226. The summed E-state index contributed by atoms with van der Waals surface area (Å²) in [7, 11) is 0. The molecule has 0 aromatic carbocycles. The Kier molecular flexibility index (Phi) is 18.9. The van der Waals surface area contributed by atoms with Gasteiger partial charge in [0.05, 0.1) is 5.09 Å². The molecule has 0 atom stereocenters. The molecule has 1 radical (unpaired) electrons. The fraction of sp³-hybridized carbons (Fsp3) is 0.500. The fourth-order valence-electron chi connectivity index (χ4n) is 0. The Morgan fingerprint density at radius 1 is 1.44 bits per heavy atom. The SMILES string of the molecule is CC(=O)[O-].O=[N+]([O-])[O-].[Y+2]. The van der Waals surface area contributed by atoms with Gasteiger partial charge in [-0.2, -0.15) is 0 Å². The third kappa shape index (κ3) is 5070. The van der Waals surface area contributed by atoms with E-state index in [9.17, 15) is 0 Å². The molecule has 49 valence electrons. The maximum Gasteiger partial charge on any atom is 2.00 e. The summed E-state index contributed by atoms with van der Waals surface area (Å²) in [6, 6.07) is 0. The number of carbonyl (C=O) groups is 1. The summed E-state index contributed by atoms with van der Waals surface area (Å²) in [4.78, 5) is 17.1. The van der Waals surface area contributed by atoms with Crippen molar-refractivity contribution >= 4 is 5.97 Å². The van der Waals surface area contributed by atoms with E-state index in [2.05, 4.69) is 0 Å². The Morgan fingerprint density at radius 3 is 1.44 bits per heavy atom. The van der Waals surface area contributed by atoms with E-state index >= 15 is 0 Å². The summed E-state index contributed by atoms with van der Waals surface area (Å²) in [6.45, 7) is 0.972. The van der Waals surface area contributed by atoms with Gasteiger partial charge in [0.2, 0.25) is 0 Å². The molecular formula is C2H3NO5Y. The molecule has 0 rings (SSSR count). The van der Waals surface area contributed by atoms with Gasteiger partial charge < -0.3 is 25.2 Å². The van der Waals surface area contributed by atoms with Crippen molar-refractivity contribution < 1.29 is 47.7 Å². The number of hydrogen-bond donors (Lipinski definition) is 0. The van der Waals surface area contributed by atoms with Gasteiger partial charge >= 0.3 is 32.7 Å². The van der Waals surface area contributed by atoms with Crippen molar-refractivity contribution in [3.05, 3.63) is 15.3 Å². The van der Waals surface area contributed by atoms with Crippen LogP contribution in [0.5, 0.6) is 0 Å². The van der Waals surface area contributed by atoms with Crippen molar-refractivity contribution in [3.8, 4) is 0 Å². The van der Waals surface area contributed by atoms with Crippen molar-refractivity contribution in [3.63, 3.8) is 0 Å². The van der Waals surface area contributed by atoms with Crippen LogP contribution >= 0.6 is 0 Å². The number of rotatable bonds is 0. The Labute approximate surface area is 75.9 Å². The molecule has 0 saturated carbocycles. The Morgan fingerprint density at radius 2 is 1.44 bits per heavy atom. The number of nitrogens with zero attached hydrogens (tertiary/aromatic N) is 1. The van der Waals surface area contributed by atoms with Gasteiger partial charge in [-0.3, -0.25) is 0 Å². The summed E-state index contributed by atoms with van der Waals surface area (Å²) in [5, 5.41) is 23.6. The minimum absolute atomic E-state index is 0. The molecule has 7 heteroatoms. The first-order chi connectivity index (χ1) is 3.46. The minimum atomic E-state index is -1.75. The van der Waals surface area contributed by atoms with Crippen molar-refractivity contribution in [2.45, 2.75) is 6.92 Å². The molecule has 0 aliphatic heterocycles. The van der Waals surface area contributed by atoms with E-state index in [0.29, 0.717) is 0 Å². The predicted molar refractivity (Wildman–Crippen MR) is 21.0 cm³/mol. The quantitative estimate of drug-likeness (QED) is 0.357. The van der Waals surface area contributed by atoms with Gasteiger partial charge in [0.25, 0.3) is 0 Å². The van der Waals surface area contributed by atoms with Crippen LogP contribution in [0, 0.1) is 15.3 Å². The summed E-state index contributed by atoms with van der Waals surface area (Å²) in [6.07, 6.45) is 0. The molecule has 0 aliphatic carbocycles. The molecule has 0 aromatic rings. The molecule has 0 aliphatic rings. The average Bonchev–Trinajstić information content (AvgIpc) is 1.25. The van der Waals surface area contributed by atoms with Gasteiger partial charge in [0.15, 0.2) is 0 Å². The molecule has 0 amide bonds. The Balaban J connectivity index is -0.0000000720. The van der Waals surface area contributed by atoms with Crippen molar-refractivity contribution in [1.82, 2.24) is 0 Å². The van der Waals surface area contributed by atoms with Gasteiger partial charge in [-0.25, -0.2) is 0 Å². The zero-order valence-corrected chi connectivity index (χ0v) is 7.40. The first-order valence-corrected chi connectivity index (χ1v) is 1.46. The van der Waals surface area contributed by atoms with Crippen molar-refractivity contribution in [1.29, 1.82) is 0 Å². The van der Waals surface area contributed by atoms with Crippen LogP contribution in [0.2, 0.25) is 0 Å². The van der Waals surface area contributed by atoms with E-state index in [1.165, 1.54) is 0 Å². The third-order valence-corrected chi connectivity index (χ3v) is 0. The molecule has 9 heavy (non-hydrogen) atoms. The molecule has 0 saturated heterocycles. The summed E-state index contributed by atoms with van der Waals surface area (Å²) in [5.74, 6) is -1.08. The number of carboxylic acid groups (broad SMARTS) is 1. The van der Waals surface area contributed by atoms with E-state index in [4.69, 9.17) is 25.2 Å². The minimum Gasteiger partial charge on any atom is -0.550 e. The van der Waals surface area contributed by atoms with Gasteiger partial charge in [-0.05, 0) is 6.92 Å². The molecule has 0 aromatic heterocycles. The van der Waals surface area contributed by atoms with E-state index in [1.54, 1.807) is 0 Å². The Bertz CT molecular complexity index is 73.0. The van der Waals surface area contributed by atoms with Crippen LogP contribution in [-0.4, -0.2) is 11.1 Å².